The summed E-state index contributed by atoms with van der Waals surface area (Å²) in [5, 5.41) is 9.58. The summed E-state index contributed by atoms with van der Waals surface area (Å²) in [4.78, 5) is 24.6. The van der Waals surface area contributed by atoms with E-state index in [0.717, 1.165) is 44.9 Å². The largest absolute Gasteiger partial charge is 0.388 e. The van der Waals surface area contributed by atoms with Gasteiger partial charge in [0.15, 0.2) is 11.6 Å². The van der Waals surface area contributed by atoms with E-state index in [2.05, 4.69) is 13.8 Å². The number of carbonyl (C=O) groups excluding carboxylic acids is 2. The topological polar surface area (TPSA) is 63.6 Å². The molecule has 144 valence electrons. The van der Waals surface area contributed by atoms with Crippen molar-refractivity contribution in [1.29, 1.82) is 0 Å². The molecule has 0 spiro atoms. The molecule has 0 aliphatic heterocycles. The second kappa shape index (κ2) is 6.00. The van der Waals surface area contributed by atoms with Crippen LogP contribution < -0.4 is 0 Å². The predicted molar refractivity (Wildman–Crippen MR) is 98.5 cm³/mol. The van der Waals surface area contributed by atoms with E-state index in [-0.39, 0.29) is 16.6 Å². The minimum atomic E-state index is -0.822. The fourth-order valence-corrected chi connectivity index (χ4v) is 7.59. The number of Topliss-reactive ketones (excluding diaryl/α,β-unsaturated/α-hetero) is 1. The number of aliphatic hydroxyl groups is 1. The maximum absolute atomic E-state index is 12.7. The van der Waals surface area contributed by atoms with Gasteiger partial charge in [-0.25, -0.2) is 0 Å². The van der Waals surface area contributed by atoms with Gasteiger partial charge in [0.1, 0.15) is 12.2 Å². The summed E-state index contributed by atoms with van der Waals surface area (Å²) in [5.41, 5.74) is 0.514. The Balaban J connectivity index is 1.69. The molecule has 4 nitrogen and oxygen atoms in total. The lowest BCUT2D eigenvalue weighted by Gasteiger charge is -2.59. The van der Waals surface area contributed by atoms with E-state index < -0.39 is 12.2 Å². The van der Waals surface area contributed by atoms with Crippen molar-refractivity contribution < 1.29 is 19.4 Å². The van der Waals surface area contributed by atoms with Gasteiger partial charge in [0, 0.05) is 18.9 Å². The maximum atomic E-state index is 12.7. The van der Waals surface area contributed by atoms with Crippen LogP contribution in [0.2, 0.25) is 0 Å². The van der Waals surface area contributed by atoms with Crippen LogP contribution in [0.1, 0.15) is 65.2 Å². The molecule has 3 fully saturated rings. The second-order valence-corrected chi connectivity index (χ2v) is 9.58. The highest BCUT2D eigenvalue weighted by atomic mass is 16.5. The van der Waals surface area contributed by atoms with E-state index in [1.165, 1.54) is 5.57 Å². The maximum Gasteiger partial charge on any atom is 0.190 e. The van der Waals surface area contributed by atoms with Crippen molar-refractivity contribution in [1.82, 2.24) is 0 Å². The van der Waals surface area contributed by atoms with Crippen molar-refractivity contribution in [2.45, 2.75) is 70.8 Å². The van der Waals surface area contributed by atoms with Gasteiger partial charge in [0.25, 0.3) is 0 Å². The molecule has 0 heterocycles. The summed E-state index contributed by atoms with van der Waals surface area (Å²) in [6, 6.07) is 0. The zero-order valence-electron chi connectivity index (χ0n) is 16.3. The first-order valence-electron chi connectivity index (χ1n) is 10.3. The summed E-state index contributed by atoms with van der Waals surface area (Å²) < 4.78 is 5.88. The third-order valence-corrected chi connectivity index (χ3v) is 9.02. The molecule has 4 heteroatoms. The lowest BCUT2D eigenvalue weighted by atomic mass is 9.46. The fraction of sp³-hybridized carbons (Fsp3) is 0.818. The zero-order chi connectivity index (χ0) is 18.7. The fourth-order valence-electron chi connectivity index (χ4n) is 7.59. The van der Waals surface area contributed by atoms with Crippen LogP contribution in [-0.2, 0) is 14.3 Å². The van der Waals surface area contributed by atoms with Crippen LogP contribution in [0.3, 0.4) is 0 Å². The van der Waals surface area contributed by atoms with Crippen LogP contribution in [0.4, 0.5) is 0 Å². The highest BCUT2D eigenvalue weighted by Gasteiger charge is 2.66. The number of hydrogen-bond acceptors (Lipinski definition) is 4. The van der Waals surface area contributed by atoms with E-state index in [0.29, 0.717) is 30.0 Å². The number of ketones is 2. The lowest BCUT2D eigenvalue weighted by Crippen LogP contribution is -2.58. The molecule has 6 atom stereocenters. The zero-order valence-corrected chi connectivity index (χ0v) is 16.3. The second-order valence-electron chi connectivity index (χ2n) is 9.58. The van der Waals surface area contributed by atoms with Crippen molar-refractivity contribution in [3.63, 3.8) is 0 Å². The van der Waals surface area contributed by atoms with Crippen molar-refractivity contribution >= 4 is 11.6 Å². The molecule has 0 radical (unpaired) electrons. The Kier molecular flexibility index (Phi) is 4.24. The van der Waals surface area contributed by atoms with E-state index in [9.17, 15) is 14.7 Å². The highest BCUT2D eigenvalue weighted by molar-refractivity contribution is 5.91. The first-order chi connectivity index (χ1) is 12.3. The third kappa shape index (κ3) is 2.15. The number of hydrogen-bond donors (Lipinski definition) is 1. The predicted octanol–water partition coefficient (Wildman–Crippen LogP) is 3.46. The summed E-state index contributed by atoms with van der Waals surface area (Å²) in [6.45, 7) is 4.18. The summed E-state index contributed by atoms with van der Waals surface area (Å²) in [6.07, 6.45) is 9.52. The number of carbonyl (C=O) groups is 2. The Labute approximate surface area is 156 Å². The molecule has 4 aliphatic rings. The molecule has 0 bridgehead atoms. The van der Waals surface area contributed by atoms with Crippen molar-refractivity contribution in [3.8, 4) is 0 Å². The smallest absolute Gasteiger partial charge is 0.190 e. The normalized spacial score (nSPS) is 47.6. The number of allylic oxidation sites excluding steroid dienone is 1. The van der Waals surface area contributed by atoms with Crippen LogP contribution in [0.25, 0.3) is 0 Å². The van der Waals surface area contributed by atoms with Crippen LogP contribution >= 0.6 is 0 Å². The first kappa shape index (κ1) is 18.4. The Hall–Kier alpha value is -1.00. The minimum Gasteiger partial charge on any atom is -0.388 e. The molecule has 4 rings (SSSR count). The van der Waals surface area contributed by atoms with Gasteiger partial charge in [-0.05, 0) is 74.2 Å². The van der Waals surface area contributed by atoms with Crippen molar-refractivity contribution in [3.05, 3.63) is 11.6 Å². The Morgan fingerprint density at radius 3 is 2.58 bits per heavy atom. The average Bonchev–Trinajstić information content (AvgIpc) is 2.95. The Morgan fingerprint density at radius 1 is 1.15 bits per heavy atom. The average molecular weight is 360 g/mol. The number of ether oxygens (including phenoxy) is 1. The molecule has 4 aliphatic carbocycles. The first-order valence-corrected chi connectivity index (χ1v) is 10.3. The van der Waals surface area contributed by atoms with Gasteiger partial charge >= 0.3 is 0 Å². The Bertz CT molecular complexity index is 667. The molecule has 26 heavy (non-hydrogen) atoms. The van der Waals surface area contributed by atoms with Crippen molar-refractivity contribution in [2.75, 3.05) is 13.7 Å². The van der Waals surface area contributed by atoms with E-state index in [1.54, 1.807) is 7.11 Å². The molecular weight excluding hydrogens is 328 g/mol. The SMILES string of the molecule is COC1(C(=O)CO)CCC2C3CCC4=CC(=O)CCC4(C)C3CCC21C. The molecule has 1 N–H and O–H groups in total. The number of methoxy groups -OCH3 is 1. The summed E-state index contributed by atoms with van der Waals surface area (Å²) in [5.74, 6) is 1.81. The van der Waals surface area contributed by atoms with Gasteiger partial charge < -0.3 is 9.84 Å². The molecular formula is C22H32O4. The number of aliphatic hydroxyl groups excluding tert-OH is 1. The van der Waals surface area contributed by atoms with Gasteiger partial charge in [-0.1, -0.05) is 19.4 Å². The molecule has 0 aromatic carbocycles. The minimum absolute atomic E-state index is 0.144. The monoisotopic (exact) mass is 360 g/mol. The van der Waals surface area contributed by atoms with Crippen molar-refractivity contribution in [2.24, 2.45) is 28.6 Å². The van der Waals surface area contributed by atoms with E-state index in [4.69, 9.17) is 4.74 Å². The molecule has 0 saturated heterocycles. The third-order valence-electron chi connectivity index (χ3n) is 9.02. The Morgan fingerprint density at radius 2 is 1.88 bits per heavy atom. The van der Waals surface area contributed by atoms with Crippen LogP contribution in [0.5, 0.6) is 0 Å². The van der Waals surface area contributed by atoms with Crippen LogP contribution in [0, 0.1) is 28.6 Å². The summed E-state index contributed by atoms with van der Waals surface area (Å²) >= 11 is 0. The highest BCUT2D eigenvalue weighted by Crippen LogP contribution is 2.68. The van der Waals surface area contributed by atoms with Gasteiger partial charge in [-0.3, -0.25) is 9.59 Å². The van der Waals surface area contributed by atoms with Crippen LogP contribution in [-0.4, -0.2) is 36.0 Å². The van der Waals surface area contributed by atoms with Gasteiger partial charge in [0.05, 0.1) is 0 Å². The molecule has 3 saturated carbocycles. The molecule has 6 unspecified atom stereocenters. The van der Waals surface area contributed by atoms with Gasteiger partial charge in [0.2, 0.25) is 0 Å². The molecule has 0 aromatic rings. The van der Waals surface area contributed by atoms with Gasteiger partial charge in [-0.2, -0.15) is 0 Å². The summed E-state index contributed by atoms with van der Waals surface area (Å²) in [7, 11) is 1.64. The number of rotatable bonds is 3. The molecule has 0 amide bonds. The molecule has 0 aromatic heterocycles. The standard InChI is InChI=1S/C22H32O4/c1-20-9-6-15(24)12-14(20)4-5-16-17(20)7-10-21(2)18(16)8-11-22(21,26-3)19(25)13-23/h12,16-18,23H,4-11,13H2,1-3H3. The van der Waals surface area contributed by atoms with E-state index in [1.807, 2.05) is 6.08 Å². The number of fused-ring (bicyclic) bond motifs is 5. The van der Waals surface area contributed by atoms with Gasteiger partial charge in [-0.15, -0.1) is 0 Å². The van der Waals surface area contributed by atoms with Crippen LogP contribution in [0.15, 0.2) is 11.6 Å². The lowest BCUT2D eigenvalue weighted by molar-refractivity contribution is -0.172. The van der Waals surface area contributed by atoms with E-state index >= 15 is 0 Å². The quantitative estimate of drug-likeness (QED) is 0.837.